The molecule has 26 heavy (non-hydrogen) atoms. The molecule has 0 unspecified atom stereocenters. The van der Waals surface area contributed by atoms with Gasteiger partial charge in [0.2, 0.25) is 0 Å². The van der Waals surface area contributed by atoms with Gasteiger partial charge in [0.05, 0.1) is 5.75 Å². The zero-order chi connectivity index (χ0) is 19.5. The van der Waals surface area contributed by atoms with E-state index in [-0.39, 0.29) is 17.1 Å². The molecule has 1 aliphatic carbocycles. The lowest BCUT2D eigenvalue weighted by Crippen LogP contribution is -2.37. The van der Waals surface area contributed by atoms with E-state index < -0.39 is 10.1 Å². The molecular formula is C20H38O4S2. The van der Waals surface area contributed by atoms with E-state index in [2.05, 4.69) is 30.4 Å². The van der Waals surface area contributed by atoms with E-state index in [1.54, 1.807) is 0 Å². The molecule has 1 fully saturated rings. The Balaban J connectivity index is 2.83. The molecule has 0 atom stereocenters. The summed E-state index contributed by atoms with van der Waals surface area (Å²) in [5.41, 5.74) is -0.250. The van der Waals surface area contributed by atoms with Crippen LogP contribution in [0.5, 0.6) is 0 Å². The van der Waals surface area contributed by atoms with Gasteiger partial charge >= 0.3 is 0 Å². The maximum atomic E-state index is 13.5. The predicted molar refractivity (Wildman–Crippen MR) is 111 cm³/mol. The summed E-state index contributed by atoms with van der Waals surface area (Å²) in [4.78, 5) is 13.5. The third-order valence-corrected chi connectivity index (χ3v) is 7.63. The zero-order valence-electron chi connectivity index (χ0n) is 16.7. The summed E-state index contributed by atoms with van der Waals surface area (Å²) >= 11 is 3.41. The van der Waals surface area contributed by atoms with Crippen LogP contribution in [-0.4, -0.2) is 20.0 Å². The van der Waals surface area contributed by atoms with Gasteiger partial charge in [-0.25, -0.2) is 3.63 Å². The van der Waals surface area contributed by atoms with Crippen molar-refractivity contribution in [3.8, 4) is 0 Å². The van der Waals surface area contributed by atoms with E-state index in [1.807, 2.05) is 0 Å². The fourth-order valence-electron chi connectivity index (χ4n) is 4.35. The third-order valence-electron chi connectivity index (χ3n) is 5.93. The molecular weight excluding hydrogens is 368 g/mol. The van der Waals surface area contributed by atoms with Gasteiger partial charge in [-0.3, -0.25) is 4.79 Å². The highest BCUT2D eigenvalue weighted by Crippen LogP contribution is 2.42. The van der Waals surface area contributed by atoms with Crippen molar-refractivity contribution in [1.29, 1.82) is 0 Å². The van der Waals surface area contributed by atoms with Crippen LogP contribution in [0.4, 0.5) is 0 Å². The molecule has 0 aromatic heterocycles. The zero-order valence-corrected chi connectivity index (χ0v) is 18.4. The van der Waals surface area contributed by atoms with Crippen molar-refractivity contribution < 1.29 is 16.8 Å². The van der Waals surface area contributed by atoms with Crippen LogP contribution in [0, 0.1) is 11.3 Å². The molecule has 0 aromatic rings. The van der Waals surface area contributed by atoms with Gasteiger partial charge in [0.1, 0.15) is 5.78 Å². The van der Waals surface area contributed by atoms with Crippen LogP contribution in [-0.2, 0) is 18.5 Å². The van der Waals surface area contributed by atoms with Crippen molar-refractivity contribution in [2.24, 2.45) is 11.3 Å². The Morgan fingerprint density at radius 2 is 1.50 bits per heavy atom. The van der Waals surface area contributed by atoms with Crippen molar-refractivity contribution in [2.75, 3.05) is 5.75 Å². The Bertz CT molecular complexity index is 488. The molecule has 0 radical (unpaired) electrons. The average molecular weight is 407 g/mol. The van der Waals surface area contributed by atoms with Gasteiger partial charge in [0.15, 0.2) is 0 Å². The summed E-state index contributed by atoms with van der Waals surface area (Å²) in [6.07, 6.45) is 14.0. The Kier molecular flexibility index (Phi) is 11.4. The lowest BCUT2D eigenvalue weighted by molar-refractivity contribution is -0.135. The average Bonchev–Trinajstić information content (AvgIpc) is 2.67. The molecule has 1 aliphatic rings. The number of rotatable bonds is 14. The number of hydrogen-bond donors (Lipinski definition) is 1. The SMILES string of the molecule is CCCCC(CCCC)(CCCCS(=O)(=O)OS)C(=O)C1CCCCC1. The number of thiol groups is 1. The van der Waals surface area contributed by atoms with Crippen LogP contribution in [0.25, 0.3) is 0 Å². The standard InChI is InChI=1S/C20H38O4S2/c1-3-5-14-20(15-6-4-2,16-10-11-17-26(22,23)24-25)19(21)18-12-8-7-9-13-18/h18,25H,3-17H2,1-2H3. The molecule has 0 amide bonds. The van der Waals surface area contributed by atoms with Crippen LogP contribution in [0.3, 0.4) is 0 Å². The van der Waals surface area contributed by atoms with Gasteiger partial charge < -0.3 is 0 Å². The highest BCUT2D eigenvalue weighted by Gasteiger charge is 2.40. The van der Waals surface area contributed by atoms with E-state index in [1.165, 1.54) is 19.3 Å². The number of carbonyl (C=O) groups excluding carboxylic acids is 1. The van der Waals surface area contributed by atoms with Crippen molar-refractivity contribution in [1.82, 2.24) is 0 Å². The number of Topliss-reactive ketones (excluding diaryl/α,β-unsaturated/α-hetero) is 1. The maximum Gasteiger partial charge on any atom is 0.277 e. The van der Waals surface area contributed by atoms with Gasteiger partial charge in [-0.05, 0) is 51.4 Å². The van der Waals surface area contributed by atoms with Crippen LogP contribution in [0.2, 0.25) is 0 Å². The minimum atomic E-state index is -3.53. The van der Waals surface area contributed by atoms with E-state index >= 15 is 0 Å². The van der Waals surface area contributed by atoms with Gasteiger partial charge in [0.25, 0.3) is 10.1 Å². The first-order valence-corrected chi connectivity index (χ1v) is 12.4. The van der Waals surface area contributed by atoms with Crippen LogP contribution < -0.4 is 0 Å². The first-order chi connectivity index (χ1) is 12.4. The van der Waals surface area contributed by atoms with Crippen LogP contribution >= 0.6 is 12.9 Å². The number of unbranched alkanes of at least 4 members (excludes halogenated alkanes) is 3. The smallest absolute Gasteiger partial charge is 0.277 e. The topological polar surface area (TPSA) is 60.4 Å². The van der Waals surface area contributed by atoms with Crippen molar-refractivity contribution in [3.05, 3.63) is 0 Å². The van der Waals surface area contributed by atoms with E-state index in [9.17, 15) is 13.2 Å². The Hall–Kier alpha value is -0.0700. The predicted octanol–water partition coefficient (Wildman–Crippen LogP) is 5.86. The fraction of sp³-hybridized carbons (Fsp3) is 0.950. The van der Waals surface area contributed by atoms with Gasteiger partial charge in [-0.15, -0.1) is 0 Å². The second-order valence-electron chi connectivity index (χ2n) is 7.98. The monoisotopic (exact) mass is 406 g/mol. The molecule has 0 saturated heterocycles. The summed E-state index contributed by atoms with van der Waals surface area (Å²) in [6, 6.07) is 0. The Morgan fingerprint density at radius 1 is 0.962 bits per heavy atom. The maximum absolute atomic E-state index is 13.5. The molecule has 0 bridgehead atoms. The molecule has 4 nitrogen and oxygen atoms in total. The third kappa shape index (κ3) is 7.89. The lowest BCUT2D eigenvalue weighted by atomic mass is 9.66. The minimum absolute atomic E-state index is 0.0221. The molecule has 0 heterocycles. The Morgan fingerprint density at radius 3 is 2.00 bits per heavy atom. The molecule has 0 spiro atoms. The Labute approximate surface area is 166 Å². The molecule has 1 saturated carbocycles. The minimum Gasteiger partial charge on any atom is -0.299 e. The molecule has 0 N–H and O–H groups in total. The second kappa shape index (κ2) is 12.4. The van der Waals surface area contributed by atoms with Crippen LogP contribution in [0.15, 0.2) is 0 Å². The second-order valence-corrected chi connectivity index (χ2v) is 10.1. The van der Waals surface area contributed by atoms with Gasteiger partial charge in [-0.1, -0.05) is 65.2 Å². The summed E-state index contributed by atoms with van der Waals surface area (Å²) < 4.78 is 27.2. The van der Waals surface area contributed by atoms with Crippen molar-refractivity contribution in [3.63, 3.8) is 0 Å². The van der Waals surface area contributed by atoms with Crippen LogP contribution in [0.1, 0.15) is 104 Å². The summed E-state index contributed by atoms with van der Waals surface area (Å²) in [5.74, 6) is 0.681. The first-order valence-electron chi connectivity index (χ1n) is 10.5. The molecule has 0 aliphatic heterocycles. The number of hydrogen-bond acceptors (Lipinski definition) is 5. The molecule has 6 heteroatoms. The summed E-state index contributed by atoms with van der Waals surface area (Å²) in [5, 5.41) is 0. The highest BCUT2D eigenvalue weighted by molar-refractivity contribution is 7.95. The van der Waals surface area contributed by atoms with Gasteiger partial charge in [-0.2, -0.15) is 8.42 Å². The number of ketones is 1. The summed E-state index contributed by atoms with van der Waals surface area (Å²) in [7, 11) is -3.53. The summed E-state index contributed by atoms with van der Waals surface area (Å²) in [6.45, 7) is 4.35. The highest BCUT2D eigenvalue weighted by atomic mass is 32.3. The first kappa shape index (κ1) is 24.0. The van der Waals surface area contributed by atoms with E-state index in [0.717, 1.165) is 64.2 Å². The quantitative estimate of drug-likeness (QED) is 0.223. The number of carbonyl (C=O) groups is 1. The van der Waals surface area contributed by atoms with E-state index in [0.29, 0.717) is 12.2 Å². The van der Waals surface area contributed by atoms with Crippen molar-refractivity contribution in [2.45, 2.75) is 104 Å². The van der Waals surface area contributed by atoms with Gasteiger partial charge in [0, 0.05) is 11.3 Å². The molecule has 0 aromatic carbocycles. The normalized spacial score (nSPS) is 16.7. The van der Waals surface area contributed by atoms with E-state index in [4.69, 9.17) is 0 Å². The van der Waals surface area contributed by atoms with Crippen molar-refractivity contribution >= 4 is 28.8 Å². The molecule has 1 rings (SSSR count). The fourth-order valence-corrected chi connectivity index (χ4v) is 5.21. The largest absolute Gasteiger partial charge is 0.299 e. The molecule has 154 valence electrons. The lowest BCUT2D eigenvalue weighted by Gasteiger charge is -2.37.